The summed E-state index contributed by atoms with van der Waals surface area (Å²) in [6, 6.07) is 15.2. The summed E-state index contributed by atoms with van der Waals surface area (Å²) in [5, 5.41) is 0. The molecule has 3 aromatic rings. The van der Waals surface area contributed by atoms with Crippen molar-refractivity contribution in [3.63, 3.8) is 0 Å². The molecule has 2 aromatic carbocycles. The topological polar surface area (TPSA) is 39.2 Å². The lowest BCUT2D eigenvalue weighted by Gasteiger charge is -2.06. The van der Waals surface area contributed by atoms with Crippen LogP contribution in [0.3, 0.4) is 0 Å². The van der Waals surface area contributed by atoms with E-state index in [0.717, 1.165) is 0 Å². The van der Waals surface area contributed by atoms with Crippen LogP contribution < -0.4 is 4.74 Å². The Hall–Kier alpha value is -2.60. The SMILES string of the molecule is COc1ccc(-c2nsc(C(F)F)c2C(=O)c2ccccc2)cc1. The molecule has 0 spiro atoms. The van der Waals surface area contributed by atoms with Crippen LogP contribution in [-0.4, -0.2) is 17.3 Å². The number of hydrogen-bond acceptors (Lipinski definition) is 4. The van der Waals surface area contributed by atoms with Crippen molar-refractivity contribution >= 4 is 17.3 Å². The quantitative estimate of drug-likeness (QED) is 0.612. The van der Waals surface area contributed by atoms with E-state index in [9.17, 15) is 13.6 Å². The molecular formula is C18H13F2NO2S. The van der Waals surface area contributed by atoms with Gasteiger partial charge in [-0.15, -0.1) is 0 Å². The standard InChI is InChI=1S/C18H13F2NO2S/c1-23-13-9-7-11(8-10-13)15-14(17(18(19)20)24-21-15)16(22)12-5-3-2-4-6-12/h2-10,18H,1H3. The summed E-state index contributed by atoms with van der Waals surface area (Å²) < 4.78 is 35.9. The molecule has 0 aliphatic heterocycles. The first-order valence-electron chi connectivity index (χ1n) is 7.13. The van der Waals surface area contributed by atoms with E-state index in [1.807, 2.05) is 0 Å². The highest BCUT2D eigenvalue weighted by atomic mass is 32.1. The van der Waals surface area contributed by atoms with Gasteiger partial charge in [0.05, 0.1) is 18.4 Å². The van der Waals surface area contributed by atoms with E-state index in [-0.39, 0.29) is 16.1 Å². The van der Waals surface area contributed by atoms with Crippen molar-refractivity contribution in [3.05, 3.63) is 70.6 Å². The van der Waals surface area contributed by atoms with Gasteiger partial charge in [0.15, 0.2) is 5.78 Å². The highest BCUT2D eigenvalue weighted by Gasteiger charge is 2.27. The van der Waals surface area contributed by atoms with Crippen LogP contribution in [-0.2, 0) is 0 Å². The number of benzene rings is 2. The fourth-order valence-electron chi connectivity index (χ4n) is 2.35. The van der Waals surface area contributed by atoms with E-state index >= 15 is 0 Å². The second kappa shape index (κ2) is 6.88. The van der Waals surface area contributed by atoms with Crippen LogP contribution >= 0.6 is 11.5 Å². The summed E-state index contributed by atoms with van der Waals surface area (Å²) in [6.07, 6.45) is -2.75. The second-order valence-corrected chi connectivity index (χ2v) is 5.80. The number of ketones is 1. The predicted octanol–water partition coefficient (Wildman–Crippen LogP) is 4.99. The number of halogens is 2. The average molecular weight is 345 g/mol. The smallest absolute Gasteiger partial charge is 0.275 e. The summed E-state index contributed by atoms with van der Waals surface area (Å²) in [5.41, 5.74) is 1.19. The maximum absolute atomic E-state index is 13.3. The lowest BCUT2D eigenvalue weighted by molar-refractivity contribution is 0.102. The van der Waals surface area contributed by atoms with Crippen molar-refractivity contribution in [1.29, 1.82) is 0 Å². The Kier molecular flexibility index (Phi) is 4.66. The maximum Gasteiger partial charge on any atom is 0.275 e. The van der Waals surface area contributed by atoms with Crippen LogP contribution in [0.4, 0.5) is 8.78 Å². The number of nitrogens with zero attached hydrogens (tertiary/aromatic N) is 1. The molecule has 0 radical (unpaired) electrons. The molecule has 0 atom stereocenters. The molecule has 0 aliphatic rings. The molecule has 0 saturated heterocycles. The first kappa shape index (κ1) is 16.3. The maximum atomic E-state index is 13.3. The predicted molar refractivity (Wildman–Crippen MR) is 88.9 cm³/mol. The fraction of sp³-hybridized carbons (Fsp3) is 0.111. The minimum Gasteiger partial charge on any atom is -0.497 e. The van der Waals surface area contributed by atoms with Crippen LogP contribution in [0.25, 0.3) is 11.3 Å². The van der Waals surface area contributed by atoms with Crippen LogP contribution in [0, 0.1) is 0 Å². The van der Waals surface area contributed by atoms with Gasteiger partial charge in [0.25, 0.3) is 6.43 Å². The third-order valence-electron chi connectivity index (χ3n) is 3.54. The number of carbonyl (C=O) groups excluding carboxylic acids is 1. The van der Waals surface area contributed by atoms with Crippen molar-refractivity contribution in [2.75, 3.05) is 7.11 Å². The third kappa shape index (κ3) is 3.05. The van der Waals surface area contributed by atoms with Crippen LogP contribution in [0.15, 0.2) is 54.6 Å². The Balaban J connectivity index is 2.12. The lowest BCUT2D eigenvalue weighted by Crippen LogP contribution is -2.05. The summed E-state index contributed by atoms with van der Waals surface area (Å²) in [6.45, 7) is 0. The van der Waals surface area contributed by atoms with Gasteiger partial charge in [-0.1, -0.05) is 30.3 Å². The molecule has 24 heavy (non-hydrogen) atoms. The number of ether oxygens (including phenoxy) is 1. The zero-order valence-electron chi connectivity index (χ0n) is 12.7. The van der Waals surface area contributed by atoms with Crippen molar-refractivity contribution in [3.8, 4) is 17.0 Å². The Bertz CT molecular complexity index is 845. The number of rotatable bonds is 5. The second-order valence-electron chi connectivity index (χ2n) is 4.99. The monoisotopic (exact) mass is 345 g/mol. The molecule has 3 rings (SSSR count). The molecule has 122 valence electrons. The summed E-state index contributed by atoms with van der Waals surface area (Å²) >= 11 is 0.660. The van der Waals surface area contributed by atoms with Gasteiger partial charge in [0.2, 0.25) is 0 Å². The van der Waals surface area contributed by atoms with E-state index in [0.29, 0.717) is 28.4 Å². The normalized spacial score (nSPS) is 10.8. The lowest BCUT2D eigenvalue weighted by atomic mass is 9.98. The van der Waals surface area contributed by atoms with E-state index in [1.165, 1.54) is 7.11 Å². The molecule has 3 nitrogen and oxygen atoms in total. The zero-order valence-corrected chi connectivity index (χ0v) is 13.5. The fourth-order valence-corrected chi connectivity index (χ4v) is 3.10. The number of alkyl halides is 2. The molecule has 0 amide bonds. The van der Waals surface area contributed by atoms with Gasteiger partial charge in [0.1, 0.15) is 10.6 Å². The first-order chi connectivity index (χ1) is 11.6. The molecule has 1 heterocycles. The zero-order chi connectivity index (χ0) is 17.1. The Morgan fingerprint density at radius 3 is 2.33 bits per heavy atom. The van der Waals surface area contributed by atoms with Gasteiger partial charge >= 0.3 is 0 Å². The third-order valence-corrected chi connectivity index (χ3v) is 4.40. The molecule has 0 unspecified atom stereocenters. The number of hydrogen-bond donors (Lipinski definition) is 0. The highest BCUT2D eigenvalue weighted by molar-refractivity contribution is 7.06. The van der Waals surface area contributed by atoms with Gasteiger partial charge in [-0.05, 0) is 35.8 Å². The van der Waals surface area contributed by atoms with Crippen molar-refractivity contribution in [1.82, 2.24) is 4.37 Å². The average Bonchev–Trinajstić information content (AvgIpc) is 3.07. The molecular weight excluding hydrogens is 332 g/mol. The molecule has 1 aromatic heterocycles. The van der Waals surface area contributed by atoms with Crippen molar-refractivity contribution in [2.24, 2.45) is 0 Å². The molecule has 0 aliphatic carbocycles. The summed E-state index contributed by atoms with van der Waals surface area (Å²) in [4.78, 5) is 12.4. The van der Waals surface area contributed by atoms with E-state index < -0.39 is 12.2 Å². The number of carbonyl (C=O) groups is 1. The Labute approximate surface area is 141 Å². The Morgan fingerprint density at radius 2 is 1.75 bits per heavy atom. The van der Waals surface area contributed by atoms with Gasteiger partial charge in [0, 0.05) is 11.1 Å². The number of methoxy groups -OCH3 is 1. The largest absolute Gasteiger partial charge is 0.497 e. The van der Waals surface area contributed by atoms with Crippen molar-refractivity contribution in [2.45, 2.75) is 6.43 Å². The van der Waals surface area contributed by atoms with Crippen LogP contribution in [0.5, 0.6) is 5.75 Å². The van der Waals surface area contributed by atoms with Gasteiger partial charge in [-0.2, -0.15) is 4.37 Å². The molecule has 0 N–H and O–H groups in total. The summed E-state index contributed by atoms with van der Waals surface area (Å²) in [5.74, 6) is 0.185. The molecule has 6 heteroatoms. The highest BCUT2D eigenvalue weighted by Crippen LogP contribution is 2.36. The van der Waals surface area contributed by atoms with Gasteiger partial charge in [-0.3, -0.25) is 4.79 Å². The molecule has 0 saturated carbocycles. The molecule has 0 bridgehead atoms. The van der Waals surface area contributed by atoms with E-state index in [2.05, 4.69) is 4.37 Å². The first-order valence-corrected chi connectivity index (χ1v) is 7.91. The molecule has 0 fully saturated rings. The minimum absolute atomic E-state index is 0.0358. The van der Waals surface area contributed by atoms with Gasteiger partial charge < -0.3 is 4.74 Å². The number of aromatic nitrogens is 1. The van der Waals surface area contributed by atoms with E-state index in [1.54, 1.807) is 54.6 Å². The van der Waals surface area contributed by atoms with E-state index in [4.69, 9.17) is 4.74 Å². The van der Waals surface area contributed by atoms with Crippen molar-refractivity contribution < 1.29 is 18.3 Å². The van der Waals surface area contributed by atoms with Gasteiger partial charge in [-0.25, -0.2) is 8.78 Å². The summed E-state index contributed by atoms with van der Waals surface area (Å²) in [7, 11) is 1.54. The van der Waals surface area contributed by atoms with Crippen LogP contribution in [0.2, 0.25) is 0 Å². The van der Waals surface area contributed by atoms with Crippen LogP contribution in [0.1, 0.15) is 27.2 Å². The Morgan fingerprint density at radius 1 is 1.08 bits per heavy atom. The minimum atomic E-state index is -2.75.